The van der Waals surface area contributed by atoms with Gasteiger partial charge in [0, 0.05) is 35.5 Å². The minimum atomic E-state index is -0.0836. The summed E-state index contributed by atoms with van der Waals surface area (Å²) in [7, 11) is 0. The molecule has 1 amide bonds. The molecule has 0 aliphatic carbocycles. The number of rotatable bonds is 7. The van der Waals surface area contributed by atoms with Gasteiger partial charge >= 0.3 is 0 Å². The number of ether oxygens (including phenoxy) is 2. The Labute approximate surface area is 177 Å². The summed E-state index contributed by atoms with van der Waals surface area (Å²) in [5.74, 6) is 1.85. The van der Waals surface area contributed by atoms with Crippen molar-refractivity contribution in [3.05, 3.63) is 59.3 Å². The Morgan fingerprint density at radius 1 is 1.13 bits per heavy atom. The van der Waals surface area contributed by atoms with Gasteiger partial charge in [-0.15, -0.1) is 0 Å². The van der Waals surface area contributed by atoms with Gasteiger partial charge in [0.05, 0.1) is 0 Å². The number of carbonyl (C=O) groups is 1. The first-order valence-corrected chi connectivity index (χ1v) is 10.8. The lowest BCUT2D eigenvalue weighted by molar-refractivity contribution is -0.122. The van der Waals surface area contributed by atoms with Gasteiger partial charge in [-0.1, -0.05) is 45.0 Å². The minimum Gasteiger partial charge on any atom is -0.454 e. The second kappa shape index (κ2) is 8.42. The van der Waals surface area contributed by atoms with Crippen molar-refractivity contribution < 1.29 is 14.3 Å². The van der Waals surface area contributed by atoms with Crippen LogP contribution in [0.25, 0.3) is 10.9 Å². The van der Waals surface area contributed by atoms with Crippen LogP contribution in [0.1, 0.15) is 56.7 Å². The molecule has 30 heavy (non-hydrogen) atoms. The average Bonchev–Trinajstić information content (AvgIpc) is 3.38. The molecule has 2 heterocycles. The number of amides is 1. The zero-order valence-electron chi connectivity index (χ0n) is 18.1. The molecule has 0 saturated heterocycles. The first kappa shape index (κ1) is 20.3. The second-order valence-corrected chi connectivity index (χ2v) is 8.41. The number of aromatic nitrogens is 1. The summed E-state index contributed by atoms with van der Waals surface area (Å²) in [6.07, 6.45) is 3.39. The van der Waals surface area contributed by atoms with Crippen molar-refractivity contribution in [3.63, 3.8) is 0 Å². The van der Waals surface area contributed by atoms with E-state index in [4.69, 9.17) is 9.47 Å². The molecule has 1 aliphatic rings. The average molecular weight is 407 g/mol. The normalized spacial score (nSPS) is 14.8. The number of H-pyrrole nitrogens is 1. The topological polar surface area (TPSA) is 63.4 Å². The molecule has 2 N–H and O–H groups in total. The molecule has 158 valence electrons. The van der Waals surface area contributed by atoms with E-state index in [9.17, 15) is 4.79 Å². The van der Waals surface area contributed by atoms with Gasteiger partial charge in [-0.2, -0.15) is 0 Å². The fourth-order valence-electron chi connectivity index (χ4n) is 4.02. The van der Waals surface area contributed by atoms with E-state index >= 15 is 0 Å². The number of aryl methyl sites for hydroxylation is 1. The molecule has 1 aromatic heterocycles. The van der Waals surface area contributed by atoms with Crippen molar-refractivity contribution in [2.45, 2.75) is 52.5 Å². The van der Waals surface area contributed by atoms with Crippen molar-refractivity contribution in [2.75, 3.05) is 6.79 Å². The summed E-state index contributed by atoms with van der Waals surface area (Å²) >= 11 is 0. The summed E-state index contributed by atoms with van der Waals surface area (Å²) in [5, 5.41) is 4.33. The summed E-state index contributed by atoms with van der Waals surface area (Å²) in [6.45, 7) is 8.68. The lowest BCUT2D eigenvalue weighted by Gasteiger charge is -2.21. The number of aromatic amines is 1. The van der Waals surface area contributed by atoms with Crippen LogP contribution in [0, 0.1) is 5.92 Å². The van der Waals surface area contributed by atoms with Gasteiger partial charge in [0.25, 0.3) is 0 Å². The van der Waals surface area contributed by atoms with E-state index in [1.807, 2.05) is 18.2 Å². The fourth-order valence-corrected chi connectivity index (χ4v) is 4.02. The third-order valence-electron chi connectivity index (χ3n) is 6.17. The second-order valence-electron chi connectivity index (χ2n) is 8.41. The van der Waals surface area contributed by atoms with Gasteiger partial charge in [-0.05, 0) is 48.1 Å². The lowest BCUT2D eigenvalue weighted by atomic mass is 9.87. The maximum Gasteiger partial charge on any atom is 0.231 e. The molecule has 0 spiro atoms. The van der Waals surface area contributed by atoms with Crippen molar-refractivity contribution in [2.24, 2.45) is 5.92 Å². The van der Waals surface area contributed by atoms with E-state index in [0.29, 0.717) is 12.3 Å². The van der Waals surface area contributed by atoms with Crippen LogP contribution < -0.4 is 14.8 Å². The molecule has 0 unspecified atom stereocenters. The summed E-state index contributed by atoms with van der Waals surface area (Å²) in [5.41, 5.74) is 4.61. The standard InChI is InChI=1S/C25H30N2O3/c1-5-17-7-6-8-19-21(13-26-25(17)19)20(12-24(28)27-16(4)15(2)3)18-9-10-22-23(11-18)30-14-29-22/h6-11,13,15-16,20,26H,5,12,14H2,1-4H3,(H,27,28)/t16-,20-/m0/s1. The van der Waals surface area contributed by atoms with Crippen LogP contribution >= 0.6 is 0 Å². The maximum absolute atomic E-state index is 13.0. The Bertz CT molecular complexity index is 1050. The molecule has 2 atom stereocenters. The number of nitrogens with one attached hydrogen (secondary N) is 2. The molecule has 0 bridgehead atoms. The molecule has 5 nitrogen and oxygen atoms in total. The first-order valence-electron chi connectivity index (χ1n) is 10.8. The smallest absolute Gasteiger partial charge is 0.231 e. The zero-order valence-corrected chi connectivity index (χ0v) is 18.1. The van der Waals surface area contributed by atoms with Gasteiger partial charge < -0.3 is 19.8 Å². The van der Waals surface area contributed by atoms with Gasteiger partial charge in [0.1, 0.15) is 0 Å². The Balaban J connectivity index is 1.73. The highest BCUT2D eigenvalue weighted by Crippen LogP contribution is 2.39. The zero-order chi connectivity index (χ0) is 21.3. The highest BCUT2D eigenvalue weighted by atomic mass is 16.7. The van der Waals surface area contributed by atoms with E-state index in [0.717, 1.165) is 34.6 Å². The van der Waals surface area contributed by atoms with Crippen molar-refractivity contribution in [1.82, 2.24) is 10.3 Å². The Morgan fingerprint density at radius 3 is 2.70 bits per heavy atom. The molecule has 0 saturated carbocycles. The molecule has 2 aromatic carbocycles. The third-order valence-corrected chi connectivity index (χ3v) is 6.17. The predicted octanol–water partition coefficient (Wildman–Crippen LogP) is 5.14. The van der Waals surface area contributed by atoms with E-state index in [1.54, 1.807) is 0 Å². The van der Waals surface area contributed by atoms with Crippen LogP contribution in [0.5, 0.6) is 11.5 Å². The summed E-state index contributed by atoms with van der Waals surface area (Å²) in [4.78, 5) is 16.4. The molecular weight excluding hydrogens is 376 g/mol. The van der Waals surface area contributed by atoms with Crippen LogP contribution in [0.2, 0.25) is 0 Å². The number of carbonyl (C=O) groups excluding carboxylic acids is 1. The quantitative estimate of drug-likeness (QED) is 0.571. The number of para-hydroxylation sites is 1. The van der Waals surface area contributed by atoms with Crippen molar-refractivity contribution >= 4 is 16.8 Å². The molecule has 5 heteroatoms. The molecule has 0 radical (unpaired) electrons. The number of benzene rings is 2. The Hall–Kier alpha value is -2.95. The summed E-state index contributed by atoms with van der Waals surface area (Å²) < 4.78 is 11.1. The number of hydrogen-bond acceptors (Lipinski definition) is 3. The molecule has 1 aliphatic heterocycles. The molecular formula is C25H30N2O3. The van der Waals surface area contributed by atoms with Gasteiger partial charge in [-0.25, -0.2) is 0 Å². The van der Waals surface area contributed by atoms with E-state index in [1.165, 1.54) is 10.9 Å². The van der Waals surface area contributed by atoms with Crippen LogP contribution in [-0.2, 0) is 11.2 Å². The molecule has 3 aromatic rings. The minimum absolute atomic E-state index is 0.0554. The third kappa shape index (κ3) is 3.89. The SMILES string of the molecule is CCc1cccc2c([C@@H](CC(=O)N[C@@H](C)C(C)C)c3ccc4c(c3)OCO4)c[nH]c12. The van der Waals surface area contributed by atoms with Gasteiger partial charge in [0.2, 0.25) is 12.7 Å². The van der Waals surface area contributed by atoms with Gasteiger partial charge in [-0.3, -0.25) is 4.79 Å². The van der Waals surface area contributed by atoms with Crippen LogP contribution in [0.3, 0.4) is 0 Å². The largest absolute Gasteiger partial charge is 0.454 e. The lowest BCUT2D eigenvalue weighted by Crippen LogP contribution is -2.36. The van der Waals surface area contributed by atoms with Crippen LogP contribution in [0.4, 0.5) is 0 Å². The van der Waals surface area contributed by atoms with Crippen molar-refractivity contribution in [1.29, 1.82) is 0 Å². The van der Waals surface area contributed by atoms with Crippen molar-refractivity contribution in [3.8, 4) is 11.5 Å². The Kier molecular flexibility index (Phi) is 5.71. The highest BCUT2D eigenvalue weighted by Gasteiger charge is 2.25. The van der Waals surface area contributed by atoms with Crippen LogP contribution in [0.15, 0.2) is 42.6 Å². The van der Waals surface area contributed by atoms with E-state index in [2.05, 4.69) is 62.4 Å². The predicted molar refractivity (Wildman–Crippen MR) is 119 cm³/mol. The Morgan fingerprint density at radius 2 is 1.93 bits per heavy atom. The fraction of sp³-hybridized carbons (Fsp3) is 0.400. The number of hydrogen-bond donors (Lipinski definition) is 2. The monoisotopic (exact) mass is 406 g/mol. The molecule has 4 rings (SSSR count). The first-order chi connectivity index (χ1) is 14.5. The molecule has 0 fully saturated rings. The number of fused-ring (bicyclic) bond motifs is 2. The maximum atomic E-state index is 13.0. The van der Waals surface area contributed by atoms with E-state index in [-0.39, 0.29) is 24.7 Å². The van der Waals surface area contributed by atoms with E-state index < -0.39 is 0 Å². The van der Waals surface area contributed by atoms with Gasteiger partial charge in [0.15, 0.2) is 11.5 Å². The summed E-state index contributed by atoms with van der Waals surface area (Å²) in [6, 6.07) is 12.5. The highest BCUT2D eigenvalue weighted by molar-refractivity contribution is 5.88. The van der Waals surface area contributed by atoms with Crippen LogP contribution in [-0.4, -0.2) is 23.7 Å².